The molecule has 1 amide bonds. The number of rotatable bonds is 5. The lowest BCUT2D eigenvalue weighted by Gasteiger charge is -2.22. The lowest BCUT2D eigenvalue weighted by molar-refractivity contribution is -0.124. The van der Waals surface area contributed by atoms with Gasteiger partial charge in [0, 0.05) is 17.8 Å². The Morgan fingerprint density at radius 1 is 1.29 bits per heavy atom. The highest BCUT2D eigenvalue weighted by atomic mass is 16.5. The number of hydrogen-bond acceptors (Lipinski definition) is 4. The van der Waals surface area contributed by atoms with Crippen LogP contribution in [0, 0.1) is 0 Å². The minimum Gasteiger partial charge on any atom is -0.484 e. The van der Waals surface area contributed by atoms with Gasteiger partial charge in [0.15, 0.2) is 6.61 Å². The summed E-state index contributed by atoms with van der Waals surface area (Å²) in [5.74, 6) is -0.867. The first-order valence-corrected chi connectivity index (χ1v) is 7.11. The van der Waals surface area contributed by atoms with Crippen LogP contribution < -0.4 is 15.8 Å². The number of amides is 1. The molecule has 1 aliphatic rings. The second-order valence-electron chi connectivity index (χ2n) is 5.25. The van der Waals surface area contributed by atoms with Gasteiger partial charge in [-0.1, -0.05) is 19.3 Å². The molecule has 1 saturated carbocycles. The first kappa shape index (κ1) is 15.2. The fraction of sp³-hybridized carbons (Fsp3) is 0.467. The predicted molar refractivity (Wildman–Crippen MR) is 78.3 cm³/mol. The molecule has 0 atom stereocenters. The summed E-state index contributed by atoms with van der Waals surface area (Å²) in [5, 5.41) is 11.8. The van der Waals surface area contributed by atoms with Gasteiger partial charge in [0.05, 0.1) is 5.56 Å². The maximum absolute atomic E-state index is 11.8. The first-order chi connectivity index (χ1) is 10.1. The van der Waals surface area contributed by atoms with Crippen molar-refractivity contribution in [2.45, 2.75) is 38.1 Å². The van der Waals surface area contributed by atoms with Crippen molar-refractivity contribution in [2.24, 2.45) is 0 Å². The van der Waals surface area contributed by atoms with Gasteiger partial charge < -0.3 is 20.9 Å². The number of benzene rings is 1. The summed E-state index contributed by atoms with van der Waals surface area (Å²) in [4.78, 5) is 22.6. The van der Waals surface area contributed by atoms with E-state index >= 15 is 0 Å². The number of ether oxygens (including phenoxy) is 1. The summed E-state index contributed by atoms with van der Waals surface area (Å²) in [5.41, 5.74) is 5.76. The number of carboxylic acids is 1. The van der Waals surface area contributed by atoms with Gasteiger partial charge in [0.25, 0.3) is 5.91 Å². The molecular formula is C15H20N2O4. The van der Waals surface area contributed by atoms with Crippen molar-refractivity contribution < 1.29 is 19.4 Å². The Balaban J connectivity index is 1.83. The Bertz CT molecular complexity index is 524. The van der Waals surface area contributed by atoms with Crippen LogP contribution in [-0.4, -0.2) is 29.6 Å². The zero-order chi connectivity index (χ0) is 15.2. The van der Waals surface area contributed by atoms with Crippen molar-refractivity contribution in [3.8, 4) is 5.75 Å². The van der Waals surface area contributed by atoms with Crippen molar-refractivity contribution in [1.29, 1.82) is 0 Å². The summed E-state index contributed by atoms with van der Waals surface area (Å²) >= 11 is 0. The van der Waals surface area contributed by atoms with Gasteiger partial charge in [0.1, 0.15) is 5.75 Å². The third-order valence-electron chi connectivity index (χ3n) is 3.59. The molecule has 0 unspecified atom stereocenters. The van der Waals surface area contributed by atoms with E-state index in [1.54, 1.807) is 0 Å². The molecule has 0 aliphatic heterocycles. The van der Waals surface area contributed by atoms with Crippen LogP contribution >= 0.6 is 0 Å². The Morgan fingerprint density at radius 2 is 2.00 bits per heavy atom. The molecule has 1 aromatic rings. The molecule has 1 fully saturated rings. The molecule has 0 saturated heterocycles. The number of carboxylic acid groups (broad SMARTS) is 1. The van der Waals surface area contributed by atoms with Crippen molar-refractivity contribution in [2.75, 3.05) is 12.3 Å². The molecule has 0 aromatic heterocycles. The van der Waals surface area contributed by atoms with E-state index in [-0.39, 0.29) is 29.8 Å². The summed E-state index contributed by atoms with van der Waals surface area (Å²) in [6, 6.07) is 4.52. The Kier molecular flexibility index (Phi) is 5.03. The molecule has 114 valence electrons. The van der Waals surface area contributed by atoms with E-state index in [1.807, 2.05) is 0 Å². The van der Waals surface area contributed by atoms with Gasteiger partial charge in [-0.05, 0) is 25.0 Å². The Morgan fingerprint density at radius 3 is 2.62 bits per heavy atom. The van der Waals surface area contributed by atoms with Gasteiger partial charge >= 0.3 is 5.97 Å². The predicted octanol–water partition coefficient (Wildman–Crippen LogP) is 1.79. The fourth-order valence-corrected chi connectivity index (χ4v) is 2.49. The van der Waals surface area contributed by atoms with E-state index in [0.717, 1.165) is 25.7 Å². The lowest BCUT2D eigenvalue weighted by Crippen LogP contribution is -2.38. The molecule has 1 aliphatic carbocycles. The second kappa shape index (κ2) is 6.97. The van der Waals surface area contributed by atoms with Gasteiger partial charge in [-0.2, -0.15) is 0 Å². The third-order valence-corrected chi connectivity index (χ3v) is 3.59. The number of anilines is 1. The number of hydrogen-bond donors (Lipinski definition) is 3. The van der Waals surface area contributed by atoms with E-state index in [4.69, 9.17) is 15.6 Å². The number of carbonyl (C=O) groups is 2. The molecule has 0 bridgehead atoms. The van der Waals surface area contributed by atoms with Crippen LogP contribution in [0.25, 0.3) is 0 Å². The van der Waals surface area contributed by atoms with Crippen molar-refractivity contribution >= 4 is 17.6 Å². The SMILES string of the molecule is Nc1cc(OCC(=O)NC2CCCCC2)ccc1C(=O)O. The van der Waals surface area contributed by atoms with Crippen LogP contribution in [0.4, 0.5) is 5.69 Å². The fourth-order valence-electron chi connectivity index (χ4n) is 2.49. The molecule has 4 N–H and O–H groups in total. The Hall–Kier alpha value is -2.24. The van der Waals surface area contributed by atoms with E-state index < -0.39 is 5.97 Å². The average Bonchev–Trinajstić information content (AvgIpc) is 2.46. The number of carbonyl (C=O) groups excluding carboxylic acids is 1. The van der Waals surface area contributed by atoms with Gasteiger partial charge in [-0.15, -0.1) is 0 Å². The first-order valence-electron chi connectivity index (χ1n) is 7.11. The average molecular weight is 292 g/mol. The molecule has 2 rings (SSSR count). The van der Waals surface area contributed by atoms with Crippen molar-refractivity contribution in [3.05, 3.63) is 23.8 Å². The molecule has 21 heavy (non-hydrogen) atoms. The van der Waals surface area contributed by atoms with Crippen LogP contribution in [0.1, 0.15) is 42.5 Å². The molecule has 0 heterocycles. The van der Waals surface area contributed by atoms with Crippen LogP contribution in [0.15, 0.2) is 18.2 Å². The number of aromatic carboxylic acids is 1. The number of nitrogen functional groups attached to an aromatic ring is 1. The third kappa shape index (κ3) is 4.37. The summed E-state index contributed by atoms with van der Waals surface area (Å²) in [6.07, 6.45) is 5.58. The minimum absolute atomic E-state index is 0.0222. The quantitative estimate of drug-likeness (QED) is 0.718. The van der Waals surface area contributed by atoms with E-state index in [2.05, 4.69) is 5.32 Å². The Labute approximate surface area is 123 Å². The minimum atomic E-state index is -1.09. The van der Waals surface area contributed by atoms with Crippen LogP contribution in [0.2, 0.25) is 0 Å². The topological polar surface area (TPSA) is 102 Å². The monoisotopic (exact) mass is 292 g/mol. The molecule has 6 heteroatoms. The normalized spacial score (nSPS) is 15.4. The number of nitrogens with one attached hydrogen (secondary N) is 1. The van der Waals surface area contributed by atoms with Crippen molar-refractivity contribution in [1.82, 2.24) is 5.32 Å². The van der Waals surface area contributed by atoms with Gasteiger partial charge in [-0.3, -0.25) is 4.79 Å². The summed E-state index contributed by atoms with van der Waals surface area (Å²) in [6.45, 7) is -0.0949. The zero-order valence-electron chi connectivity index (χ0n) is 11.8. The zero-order valence-corrected chi connectivity index (χ0v) is 11.8. The second-order valence-corrected chi connectivity index (χ2v) is 5.25. The molecular weight excluding hydrogens is 272 g/mol. The maximum atomic E-state index is 11.8. The van der Waals surface area contributed by atoms with E-state index in [9.17, 15) is 9.59 Å². The van der Waals surface area contributed by atoms with Crippen LogP contribution in [-0.2, 0) is 4.79 Å². The highest BCUT2D eigenvalue weighted by Crippen LogP contribution is 2.20. The molecule has 6 nitrogen and oxygen atoms in total. The largest absolute Gasteiger partial charge is 0.484 e. The smallest absolute Gasteiger partial charge is 0.337 e. The molecule has 1 aromatic carbocycles. The van der Waals surface area contributed by atoms with Crippen molar-refractivity contribution in [3.63, 3.8) is 0 Å². The van der Waals surface area contributed by atoms with Gasteiger partial charge in [0.2, 0.25) is 0 Å². The summed E-state index contributed by atoms with van der Waals surface area (Å²) < 4.78 is 5.34. The molecule has 0 radical (unpaired) electrons. The van der Waals surface area contributed by atoms with E-state index in [0.29, 0.717) is 5.75 Å². The highest BCUT2D eigenvalue weighted by Gasteiger charge is 2.16. The standard InChI is InChI=1S/C15H20N2O4/c16-13-8-11(6-7-12(13)15(19)20)21-9-14(18)17-10-4-2-1-3-5-10/h6-8,10H,1-5,9,16H2,(H,17,18)(H,19,20). The van der Waals surface area contributed by atoms with Crippen LogP contribution in [0.3, 0.4) is 0 Å². The van der Waals surface area contributed by atoms with E-state index in [1.165, 1.54) is 24.6 Å². The number of nitrogens with two attached hydrogens (primary N) is 1. The molecule has 0 spiro atoms. The maximum Gasteiger partial charge on any atom is 0.337 e. The lowest BCUT2D eigenvalue weighted by atomic mass is 9.95. The summed E-state index contributed by atoms with van der Waals surface area (Å²) in [7, 11) is 0. The van der Waals surface area contributed by atoms with Crippen LogP contribution in [0.5, 0.6) is 5.75 Å². The van der Waals surface area contributed by atoms with Gasteiger partial charge in [-0.25, -0.2) is 4.79 Å². The highest BCUT2D eigenvalue weighted by molar-refractivity contribution is 5.93.